The highest BCUT2D eigenvalue weighted by Crippen LogP contribution is 2.41. The van der Waals surface area contributed by atoms with Crippen molar-refractivity contribution in [3.8, 4) is 11.5 Å². The lowest BCUT2D eigenvalue weighted by molar-refractivity contribution is 0.00862. The van der Waals surface area contributed by atoms with E-state index < -0.39 is 6.10 Å². The van der Waals surface area contributed by atoms with Gasteiger partial charge in [-0.05, 0) is 61.8 Å². The summed E-state index contributed by atoms with van der Waals surface area (Å²) >= 11 is 1.29. The molecule has 5 rings (SSSR count). The van der Waals surface area contributed by atoms with Crippen LogP contribution in [0.3, 0.4) is 0 Å². The summed E-state index contributed by atoms with van der Waals surface area (Å²) in [6.45, 7) is 1.29. The Morgan fingerprint density at radius 1 is 1.30 bits per heavy atom. The van der Waals surface area contributed by atoms with E-state index in [1.54, 1.807) is 18.5 Å². The van der Waals surface area contributed by atoms with Crippen LogP contribution < -0.4 is 5.32 Å². The summed E-state index contributed by atoms with van der Waals surface area (Å²) < 4.78 is 11.0. The van der Waals surface area contributed by atoms with Crippen LogP contribution in [0.1, 0.15) is 51.9 Å². The lowest BCUT2D eigenvalue weighted by Crippen LogP contribution is -2.21. The summed E-state index contributed by atoms with van der Waals surface area (Å²) in [4.78, 5) is 22.5. The molecule has 2 N–H and O–H groups in total. The first-order valence-electron chi connectivity index (χ1n) is 10.3. The zero-order chi connectivity index (χ0) is 20.5. The number of furan rings is 1. The number of aliphatic hydroxyl groups excluding tert-OH is 1. The van der Waals surface area contributed by atoms with Crippen molar-refractivity contribution in [1.29, 1.82) is 0 Å². The predicted octanol–water partition coefficient (Wildman–Crippen LogP) is 4.00. The predicted molar refractivity (Wildman–Crippen MR) is 113 cm³/mol. The molecule has 0 radical (unpaired) electrons. The molecule has 0 aromatic carbocycles. The molecule has 3 aromatic rings. The molecular weight excluding hydrogens is 402 g/mol. The highest BCUT2D eigenvalue weighted by molar-refractivity contribution is 7.16. The number of rotatable bonds is 5. The van der Waals surface area contributed by atoms with Gasteiger partial charge < -0.3 is 14.3 Å². The van der Waals surface area contributed by atoms with E-state index in [1.165, 1.54) is 11.3 Å². The van der Waals surface area contributed by atoms with Crippen molar-refractivity contribution < 1.29 is 19.1 Å². The molecule has 0 saturated carbocycles. The minimum absolute atomic E-state index is 0.0948. The number of thiazole rings is 1. The van der Waals surface area contributed by atoms with Crippen molar-refractivity contribution >= 4 is 22.4 Å². The lowest BCUT2D eigenvalue weighted by Gasteiger charge is -2.26. The first kappa shape index (κ1) is 19.4. The third-order valence-corrected chi connectivity index (χ3v) is 6.83. The van der Waals surface area contributed by atoms with Crippen LogP contribution in [-0.2, 0) is 17.6 Å². The minimum atomic E-state index is -0.682. The largest absolute Gasteiger partial charge is 0.463 e. The standard InChI is InChI=1S/C22H23N3O4S/c26-19(13-6-9-28-10-7-13)20-18(17-5-2-8-29-17)24-22(30-20)25-21(27)15-11-14-3-1-4-16(14)23-12-15/h2,5,8,11-13,19,26H,1,3-4,6-7,9-10H2,(H,24,25,27). The Hall–Kier alpha value is -2.55. The molecule has 0 spiro atoms. The van der Waals surface area contributed by atoms with Gasteiger partial charge in [0.15, 0.2) is 10.9 Å². The summed E-state index contributed by atoms with van der Waals surface area (Å²) in [5, 5.41) is 14.4. The van der Waals surface area contributed by atoms with E-state index >= 15 is 0 Å². The molecule has 1 atom stereocenters. The number of carbonyl (C=O) groups excluding carboxylic acids is 1. The van der Waals surface area contributed by atoms with Gasteiger partial charge >= 0.3 is 0 Å². The molecule has 4 heterocycles. The zero-order valence-electron chi connectivity index (χ0n) is 16.5. The molecule has 156 valence electrons. The second-order valence-electron chi connectivity index (χ2n) is 7.74. The summed E-state index contributed by atoms with van der Waals surface area (Å²) in [5.74, 6) is 0.425. The van der Waals surface area contributed by atoms with E-state index in [-0.39, 0.29) is 11.8 Å². The SMILES string of the molecule is O=C(Nc1nc(-c2ccco2)c(C(O)C2CCOCC2)s1)c1cnc2c(c1)CCC2. The van der Waals surface area contributed by atoms with Gasteiger partial charge in [-0.3, -0.25) is 15.1 Å². The van der Waals surface area contributed by atoms with Crippen molar-refractivity contribution in [2.24, 2.45) is 5.92 Å². The number of aryl methyl sites for hydroxylation is 2. The normalized spacial score (nSPS) is 17.6. The summed E-state index contributed by atoms with van der Waals surface area (Å²) in [6, 6.07) is 5.52. The van der Waals surface area contributed by atoms with Crippen LogP contribution >= 0.6 is 11.3 Å². The summed E-state index contributed by atoms with van der Waals surface area (Å²) in [6.07, 6.45) is 7.12. The first-order valence-corrected chi connectivity index (χ1v) is 11.1. The number of ether oxygens (including phenoxy) is 1. The Labute approximate surface area is 178 Å². The van der Waals surface area contributed by atoms with E-state index in [2.05, 4.69) is 15.3 Å². The van der Waals surface area contributed by atoms with Crippen LogP contribution in [0.4, 0.5) is 5.13 Å². The number of carbonyl (C=O) groups is 1. The molecule has 1 amide bonds. The molecule has 30 heavy (non-hydrogen) atoms. The molecule has 2 aliphatic rings. The maximum atomic E-state index is 12.8. The van der Waals surface area contributed by atoms with Crippen LogP contribution in [0, 0.1) is 5.92 Å². The fourth-order valence-corrected chi connectivity index (χ4v) is 5.19. The Bertz CT molecular complexity index is 1040. The van der Waals surface area contributed by atoms with Crippen molar-refractivity contribution in [2.45, 2.75) is 38.2 Å². The molecule has 1 saturated heterocycles. The highest BCUT2D eigenvalue weighted by Gasteiger charge is 2.30. The number of amides is 1. The van der Waals surface area contributed by atoms with Crippen LogP contribution in [-0.4, -0.2) is 34.2 Å². The highest BCUT2D eigenvalue weighted by atomic mass is 32.1. The number of aliphatic hydroxyl groups is 1. The quantitative estimate of drug-likeness (QED) is 0.641. The van der Waals surface area contributed by atoms with Crippen molar-refractivity contribution in [1.82, 2.24) is 9.97 Å². The second kappa shape index (κ2) is 8.29. The summed E-state index contributed by atoms with van der Waals surface area (Å²) in [7, 11) is 0. The maximum absolute atomic E-state index is 12.8. The van der Waals surface area contributed by atoms with Crippen molar-refractivity contribution in [3.63, 3.8) is 0 Å². The number of nitrogens with one attached hydrogen (secondary N) is 1. The van der Waals surface area contributed by atoms with E-state index in [9.17, 15) is 9.90 Å². The van der Waals surface area contributed by atoms with E-state index in [0.29, 0.717) is 40.2 Å². The third-order valence-electron chi connectivity index (χ3n) is 5.79. The van der Waals surface area contributed by atoms with Gasteiger partial charge in [0.25, 0.3) is 5.91 Å². The monoisotopic (exact) mass is 425 g/mol. The average Bonchev–Trinajstić information content (AvgIpc) is 3.53. The molecule has 0 bridgehead atoms. The number of fused-ring (bicyclic) bond motifs is 1. The molecule has 3 aromatic heterocycles. The topological polar surface area (TPSA) is 97.5 Å². The number of hydrogen-bond acceptors (Lipinski definition) is 7. The van der Waals surface area contributed by atoms with Crippen LogP contribution in [0.2, 0.25) is 0 Å². The maximum Gasteiger partial charge on any atom is 0.259 e. The van der Waals surface area contributed by atoms with Gasteiger partial charge in [0.05, 0.1) is 22.8 Å². The van der Waals surface area contributed by atoms with Gasteiger partial charge in [-0.25, -0.2) is 4.98 Å². The Balaban J connectivity index is 1.42. The molecule has 7 nitrogen and oxygen atoms in total. The lowest BCUT2D eigenvalue weighted by atomic mass is 9.92. The van der Waals surface area contributed by atoms with Gasteiger partial charge in [0, 0.05) is 25.1 Å². The number of anilines is 1. The fraction of sp³-hybridized carbons (Fsp3) is 0.409. The van der Waals surface area contributed by atoms with Crippen LogP contribution in [0.25, 0.3) is 11.5 Å². The smallest absolute Gasteiger partial charge is 0.259 e. The molecule has 8 heteroatoms. The van der Waals surface area contributed by atoms with E-state index in [4.69, 9.17) is 9.15 Å². The summed E-state index contributed by atoms with van der Waals surface area (Å²) in [5.41, 5.74) is 3.33. The molecular formula is C22H23N3O4S. The average molecular weight is 426 g/mol. The Morgan fingerprint density at radius 3 is 2.97 bits per heavy atom. The van der Waals surface area contributed by atoms with Gasteiger partial charge in [-0.15, -0.1) is 0 Å². The van der Waals surface area contributed by atoms with E-state index in [0.717, 1.165) is 43.4 Å². The van der Waals surface area contributed by atoms with Gasteiger partial charge in [-0.2, -0.15) is 0 Å². The van der Waals surface area contributed by atoms with Crippen molar-refractivity contribution in [3.05, 3.63) is 52.4 Å². The Kier molecular flexibility index (Phi) is 5.37. The van der Waals surface area contributed by atoms with E-state index in [1.807, 2.05) is 12.1 Å². The number of nitrogens with zero attached hydrogens (tertiary/aromatic N) is 2. The molecule has 1 aliphatic carbocycles. The van der Waals surface area contributed by atoms with Gasteiger partial charge in [0.1, 0.15) is 5.69 Å². The van der Waals surface area contributed by atoms with Crippen molar-refractivity contribution in [2.75, 3.05) is 18.5 Å². The molecule has 1 aliphatic heterocycles. The number of hydrogen-bond donors (Lipinski definition) is 2. The fourth-order valence-electron chi connectivity index (χ4n) is 4.14. The number of pyridine rings is 1. The Morgan fingerprint density at radius 2 is 2.17 bits per heavy atom. The van der Waals surface area contributed by atoms with Gasteiger partial charge in [-0.1, -0.05) is 11.3 Å². The first-order chi connectivity index (χ1) is 14.7. The second-order valence-corrected chi connectivity index (χ2v) is 8.77. The number of aromatic nitrogens is 2. The van der Waals surface area contributed by atoms with Gasteiger partial charge in [0.2, 0.25) is 0 Å². The van der Waals surface area contributed by atoms with Crippen LogP contribution in [0.15, 0.2) is 35.1 Å². The van der Waals surface area contributed by atoms with Crippen LogP contribution in [0.5, 0.6) is 0 Å². The molecule has 1 unspecified atom stereocenters. The third kappa shape index (κ3) is 3.78. The minimum Gasteiger partial charge on any atom is -0.463 e. The molecule has 1 fully saturated rings. The zero-order valence-corrected chi connectivity index (χ0v) is 17.3.